The van der Waals surface area contributed by atoms with Gasteiger partial charge in [0.1, 0.15) is 5.38 Å². The van der Waals surface area contributed by atoms with E-state index >= 15 is 0 Å². The van der Waals surface area contributed by atoms with Crippen LogP contribution in [0.25, 0.3) is 0 Å². The molecule has 86 valence electrons. The predicted molar refractivity (Wildman–Crippen MR) is 61.3 cm³/mol. The first-order valence-electron chi connectivity index (χ1n) is 5.13. The molecule has 0 aliphatic rings. The number of halogens is 1. The Morgan fingerprint density at radius 2 is 1.80 bits per heavy atom. The van der Waals surface area contributed by atoms with Crippen LogP contribution in [0.4, 0.5) is 6.01 Å². The Morgan fingerprint density at radius 3 is 2.20 bits per heavy atom. The maximum atomic E-state index is 5.85. The average molecular weight is 232 g/mol. The summed E-state index contributed by atoms with van der Waals surface area (Å²) in [4.78, 5) is 1.97. The highest BCUT2D eigenvalue weighted by Crippen LogP contribution is 2.23. The summed E-state index contributed by atoms with van der Waals surface area (Å²) in [5.74, 6) is 0.994. The van der Waals surface area contributed by atoms with Gasteiger partial charge in [-0.2, -0.15) is 0 Å². The van der Waals surface area contributed by atoms with Gasteiger partial charge in [0.25, 0.3) is 0 Å². The number of hydrogen-bond acceptors (Lipinski definition) is 4. The predicted octanol–water partition coefficient (Wildman–Crippen LogP) is 2.85. The van der Waals surface area contributed by atoms with Crippen LogP contribution >= 0.6 is 11.6 Å². The zero-order valence-electron chi connectivity index (χ0n) is 9.86. The highest BCUT2D eigenvalue weighted by molar-refractivity contribution is 6.20. The van der Waals surface area contributed by atoms with Crippen LogP contribution < -0.4 is 4.90 Å². The molecule has 0 aliphatic heterocycles. The molecule has 0 spiro atoms. The van der Waals surface area contributed by atoms with Crippen molar-refractivity contribution in [2.45, 2.75) is 39.1 Å². The number of hydrogen-bond donors (Lipinski definition) is 0. The van der Waals surface area contributed by atoms with Crippen molar-refractivity contribution < 1.29 is 4.42 Å². The Balaban J connectivity index is 2.78. The van der Waals surface area contributed by atoms with E-state index in [0.29, 0.717) is 23.9 Å². The minimum Gasteiger partial charge on any atom is -0.406 e. The van der Waals surface area contributed by atoms with Crippen molar-refractivity contribution in [3.05, 3.63) is 5.89 Å². The fourth-order valence-electron chi connectivity index (χ4n) is 1.15. The van der Waals surface area contributed by atoms with Crippen molar-refractivity contribution in [2.75, 3.05) is 11.9 Å². The molecule has 5 heteroatoms. The molecular weight excluding hydrogens is 214 g/mol. The highest BCUT2D eigenvalue weighted by atomic mass is 35.5. The first-order chi connectivity index (χ1) is 6.93. The molecule has 2 unspecified atom stereocenters. The summed E-state index contributed by atoms with van der Waals surface area (Å²) < 4.78 is 5.45. The number of anilines is 1. The second-order valence-corrected chi connectivity index (χ2v) is 4.79. The summed E-state index contributed by atoms with van der Waals surface area (Å²) in [7, 11) is 1.95. The van der Waals surface area contributed by atoms with Crippen LogP contribution in [-0.2, 0) is 0 Å². The molecule has 1 aromatic heterocycles. The van der Waals surface area contributed by atoms with E-state index in [0.717, 1.165) is 0 Å². The molecule has 1 heterocycles. The SMILES string of the molecule is CC(Cl)c1nnc(N(C)C(C)C(C)C)o1. The second-order valence-electron chi connectivity index (χ2n) is 4.13. The van der Waals surface area contributed by atoms with Crippen molar-refractivity contribution in [1.29, 1.82) is 0 Å². The molecule has 1 aromatic rings. The zero-order valence-corrected chi connectivity index (χ0v) is 10.6. The Kier molecular flexibility index (Phi) is 3.97. The summed E-state index contributed by atoms with van der Waals surface area (Å²) in [5.41, 5.74) is 0. The molecule has 0 N–H and O–H groups in total. The summed E-state index contributed by atoms with van der Waals surface area (Å²) in [6.07, 6.45) is 0. The number of nitrogens with zero attached hydrogens (tertiary/aromatic N) is 3. The van der Waals surface area contributed by atoms with Crippen LogP contribution in [0.2, 0.25) is 0 Å². The Morgan fingerprint density at radius 1 is 1.20 bits per heavy atom. The molecule has 2 atom stereocenters. The van der Waals surface area contributed by atoms with Gasteiger partial charge in [-0.15, -0.1) is 16.7 Å². The van der Waals surface area contributed by atoms with Gasteiger partial charge in [0.15, 0.2) is 0 Å². The topological polar surface area (TPSA) is 42.2 Å². The van der Waals surface area contributed by atoms with Gasteiger partial charge in [-0.05, 0) is 19.8 Å². The molecule has 0 fully saturated rings. The fourth-order valence-corrected chi connectivity index (χ4v) is 1.24. The van der Waals surface area contributed by atoms with Crippen LogP contribution in [-0.4, -0.2) is 23.3 Å². The largest absolute Gasteiger partial charge is 0.406 e. The Hall–Kier alpha value is -0.770. The van der Waals surface area contributed by atoms with Crippen molar-refractivity contribution in [3.63, 3.8) is 0 Å². The average Bonchev–Trinajstić information content (AvgIpc) is 2.64. The zero-order chi connectivity index (χ0) is 11.6. The lowest BCUT2D eigenvalue weighted by molar-refractivity contribution is 0.440. The van der Waals surface area contributed by atoms with Gasteiger partial charge in [0.2, 0.25) is 5.89 Å². The first-order valence-corrected chi connectivity index (χ1v) is 5.57. The van der Waals surface area contributed by atoms with Crippen LogP contribution in [0.3, 0.4) is 0 Å². The maximum Gasteiger partial charge on any atom is 0.318 e. The van der Waals surface area contributed by atoms with E-state index in [1.54, 1.807) is 0 Å². The van der Waals surface area contributed by atoms with Gasteiger partial charge in [-0.1, -0.05) is 18.9 Å². The minimum atomic E-state index is -0.242. The van der Waals surface area contributed by atoms with Crippen molar-refractivity contribution >= 4 is 17.6 Å². The standard InChI is InChI=1S/C10H18ClN3O/c1-6(2)8(4)14(5)10-13-12-9(15-10)7(3)11/h6-8H,1-5H3. The highest BCUT2D eigenvalue weighted by Gasteiger charge is 2.20. The fraction of sp³-hybridized carbons (Fsp3) is 0.800. The second kappa shape index (κ2) is 4.84. The molecule has 0 bridgehead atoms. The molecule has 0 saturated heterocycles. The number of rotatable bonds is 4. The molecule has 0 radical (unpaired) electrons. The van der Waals surface area contributed by atoms with Crippen LogP contribution in [0.5, 0.6) is 0 Å². The molecule has 0 saturated carbocycles. The van der Waals surface area contributed by atoms with E-state index in [-0.39, 0.29) is 5.38 Å². The van der Waals surface area contributed by atoms with E-state index < -0.39 is 0 Å². The molecule has 15 heavy (non-hydrogen) atoms. The molecule has 1 rings (SSSR count). The quantitative estimate of drug-likeness (QED) is 0.748. The lowest BCUT2D eigenvalue weighted by Crippen LogP contribution is -2.33. The summed E-state index contributed by atoms with van der Waals surface area (Å²) in [6, 6.07) is 0.877. The normalized spacial score (nSPS) is 15.4. The number of aromatic nitrogens is 2. The molecule has 0 amide bonds. The van der Waals surface area contributed by atoms with E-state index in [9.17, 15) is 0 Å². The van der Waals surface area contributed by atoms with E-state index in [4.69, 9.17) is 16.0 Å². The molecule has 4 nitrogen and oxygen atoms in total. The molecule has 0 aromatic carbocycles. The Bertz CT molecular complexity index is 311. The van der Waals surface area contributed by atoms with Crippen LogP contribution in [0.15, 0.2) is 4.42 Å². The van der Waals surface area contributed by atoms with Crippen LogP contribution in [0, 0.1) is 5.92 Å². The Labute approximate surface area is 95.6 Å². The van der Waals surface area contributed by atoms with Crippen LogP contribution in [0.1, 0.15) is 39.0 Å². The van der Waals surface area contributed by atoms with Crippen molar-refractivity contribution in [1.82, 2.24) is 10.2 Å². The van der Waals surface area contributed by atoms with Gasteiger partial charge in [0, 0.05) is 13.1 Å². The monoisotopic (exact) mass is 231 g/mol. The van der Waals surface area contributed by atoms with Gasteiger partial charge in [0.05, 0.1) is 0 Å². The van der Waals surface area contributed by atoms with Crippen molar-refractivity contribution in [2.24, 2.45) is 5.92 Å². The van der Waals surface area contributed by atoms with E-state index in [1.807, 2.05) is 18.9 Å². The smallest absolute Gasteiger partial charge is 0.318 e. The van der Waals surface area contributed by atoms with E-state index in [2.05, 4.69) is 31.0 Å². The maximum absolute atomic E-state index is 5.85. The van der Waals surface area contributed by atoms with Gasteiger partial charge in [-0.3, -0.25) is 0 Å². The third-order valence-electron chi connectivity index (χ3n) is 2.65. The summed E-state index contributed by atoms with van der Waals surface area (Å²) in [5, 5.41) is 7.61. The first kappa shape index (κ1) is 12.3. The lowest BCUT2D eigenvalue weighted by atomic mass is 10.1. The third kappa shape index (κ3) is 2.84. The molecular formula is C10H18ClN3O. The number of alkyl halides is 1. The van der Waals surface area contributed by atoms with E-state index in [1.165, 1.54) is 0 Å². The third-order valence-corrected chi connectivity index (χ3v) is 2.83. The lowest BCUT2D eigenvalue weighted by Gasteiger charge is -2.25. The van der Waals surface area contributed by atoms with Crippen molar-refractivity contribution in [3.8, 4) is 0 Å². The molecule has 0 aliphatic carbocycles. The summed E-state index contributed by atoms with van der Waals surface area (Å²) in [6.45, 7) is 8.24. The van der Waals surface area contributed by atoms with Gasteiger partial charge in [-0.25, -0.2) is 0 Å². The summed E-state index contributed by atoms with van der Waals surface area (Å²) >= 11 is 5.85. The van der Waals surface area contributed by atoms with Gasteiger partial charge >= 0.3 is 6.01 Å². The van der Waals surface area contributed by atoms with Gasteiger partial charge < -0.3 is 9.32 Å². The minimum absolute atomic E-state index is 0.242.